The van der Waals surface area contributed by atoms with E-state index in [1.54, 1.807) is 0 Å². The number of nitrogens with zero attached hydrogens (tertiary/aromatic N) is 3. The highest BCUT2D eigenvalue weighted by atomic mass is 16.3. The summed E-state index contributed by atoms with van der Waals surface area (Å²) in [7, 11) is 0. The van der Waals surface area contributed by atoms with E-state index in [0.29, 0.717) is 17.5 Å². The van der Waals surface area contributed by atoms with Crippen molar-refractivity contribution < 1.29 is 4.42 Å². The van der Waals surface area contributed by atoms with Crippen LogP contribution >= 0.6 is 0 Å². The van der Waals surface area contributed by atoms with E-state index in [9.17, 15) is 0 Å². The van der Waals surface area contributed by atoms with Crippen molar-refractivity contribution in [1.29, 1.82) is 0 Å². The van der Waals surface area contributed by atoms with Crippen LogP contribution < -0.4 is 0 Å². The molecule has 4 nitrogen and oxygen atoms in total. The summed E-state index contributed by atoms with van der Waals surface area (Å²) in [5.74, 6) is 1.85. The largest absolute Gasteiger partial charge is 0.455 e. The van der Waals surface area contributed by atoms with Crippen molar-refractivity contribution in [3.8, 4) is 45.3 Å². The van der Waals surface area contributed by atoms with Crippen LogP contribution in [-0.2, 0) is 0 Å². The Balaban J connectivity index is 1.31. The minimum atomic E-state index is 0.599. The van der Waals surface area contributed by atoms with Gasteiger partial charge in [-0.3, -0.25) is 0 Å². The molecule has 0 unspecified atom stereocenters. The first-order valence-corrected chi connectivity index (χ1v) is 16.4. The average Bonchev–Trinajstić information content (AvgIpc) is 3.55. The summed E-state index contributed by atoms with van der Waals surface area (Å²) in [4.78, 5) is 15.6. The number of benzene rings is 8. The number of hydrogen-bond donors (Lipinski definition) is 0. The van der Waals surface area contributed by atoms with E-state index in [2.05, 4.69) is 140 Å². The third-order valence-corrected chi connectivity index (χ3v) is 9.49. The predicted molar refractivity (Wildman–Crippen MR) is 201 cm³/mol. The van der Waals surface area contributed by atoms with E-state index in [1.807, 2.05) is 24.3 Å². The van der Waals surface area contributed by atoms with Crippen LogP contribution in [0.25, 0.3) is 99.5 Å². The Kier molecular flexibility index (Phi) is 6.15. The number of fused-ring (bicyclic) bond motifs is 7. The second-order valence-corrected chi connectivity index (χ2v) is 12.4. The zero-order chi connectivity index (χ0) is 32.3. The van der Waals surface area contributed by atoms with Crippen molar-refractivity contribution in [2.45, 2.75) is 0 Å². The van der Waals surface area contributed by atoms with Crippen LogP contribution in [0.3, 0.4) is 0 Å². The number of aromatic nitrogens is 3. The normalized spacial score (nSPS) is 11.7. The van der Waals surface area contributed by atoms with E-state index < -0.39 is 0 Å². The second-order valence-electron chi connectivity index (χ2n) is 12.4. The van der Waals surface area contributed by atoms with E-state index in [1.165, 1.54) is 10.8 Å². The lowest BCUT2D eigenvalue weighted by atomic mass is 9.96. The van der Waals surface area contributed by atoms with Crippen LogP contribution in [0, 0.1) is 0 Å². The number of furan rings is 1. The number of hydrogen-bond acceptors (Lipinski definition) is 4. The van der Waals surface area contributed by atoms with Gasteiger partial charge in [-0.2, -0.15) is 0 Å². The van der Waals surface area contributed by atoms with Crippen LogP contribution in [-0.4, -0.2) is 15.0 Å². The van der Waals surface area contributed by atoms with Gasteiger partial charge in [0.25, 0.3) is 0 Å². The summed E-state index contributed by atoms with van der Waals surface area (Å²) in [5.41, 5.74) is 6.55. The summed E-state index contributed by atoms with van der Waals surface area (Å²) in [6.07, 6.45) is 0. The molecule has 2 aromatic heterocycles. The molecule has 10 rings (SSSR count). The molecule has 0 saturated heterocycles. The maximum atomic E-state index is 6.77. The quantitative estimate of drug-likeness (QED) is 0.183. The van der Waals surface area contributed by atoms with Gasteiger partial charge in [0.15, 0.2) is 17.5 Å². The zero-order valence-electron chi connectivity index (χ0n) is 26.3. The van der Waals surface area contributed by atoms with Gasteiger partial charge in [-0.05, 0) is 68.2 Å². The molecule has 0 bridgehead atoms. The summed E-state index contributed by atoms with van der Waals surface area (Å²) in [6.45, 7) is 0. The fourth-order valence-corrected chi connectivity index (χ4v) is 7.17. The van der Waals surface area contributed by atoms with Crippen molar-refractivity contribution in [1.82, 2.24) is 15.0 Å². The first kappa shape index (κ1) is 27.5. The topological polar surface area (TPSA) is 51.8 Å². The monoisotopic (exact) mass is 625 g/mol. The van der Waals surface area contributed by atoms with E-state index >= 15 is 0 Å². The van der Waals surface area contributed by atoms with Gasteiger partial charge >= 0.3 is 0 Å². The van der Waals surface area contributed by atoms with Gasteiger partial charge in [-0.15, -0.1) is 0 Å². The first-order valence-electron chi connectivity index (χ1n) is 16.4. The van der Waals surface area contributed by atoms with Crippen molar-refractivity contribution in [3.63, 3.8) is 0 Å². The second kappa shape index (κ2) is 11.0. The summed E-state index contributed by atoms with van der Waals surface area (Å²) < 4.78 is 6.77. The van der Waals surface area contributed by atoms with E-state index in [-0.39, 0.29) is 0 Å². The Bertz CT molecular complexity index is 2880. The average molecular weight is 626 g/mol. The Morgan fingerprint density at radius 3 is 1.65 bits per heavy atom. The summed E-state index contributed by atoms with van der Waals surface area (Å²) in [5, 5.41) is 8.91. The van der Waals surface area contributed by atoms with Crippen molar-refractivity contribution >= 4 is 54.3 Å². The molecule has 0 saturated carbocycles. The van der Waals surface area contributed by atoms with Gasteiger partial charge in [0.05, 0.1) is 0 Å². The molecule has 0 radical (unpaired) electrons. The van der Waals surface area contributed by atoms with Crippen LogP contribution in [0.5, 0.6) is 0 Å². The van der Waals surface area contributed by atoms with Gasteiger partial charge in [0.1, 0.15) is 11.2 Å². The standard InChI is InChI=1S/C45H27N3O/c1-3-13-28(14-4-1)34-23-24-37(41-39-25-30-17-7-8-18-31(30)27-40(39)49-42(34)41)44-46-43(29-15-5-2-6-16-29)47-45(48-44)38-26-32-19-9-10-20-33(32)35-21-11-12-22-36(35)38/h1-27H. The van der Waals surface area contributed by atoms with Crippen LogP contribution in [0.4, 0.5) is 0 Å². The van der Waals surface area contributed by atoms with Gasteiger partial charge in [-0.1, -0.05) is 133 Å². The molecular weight excluding hydrogens is 599 g/mol. The minimum absolute atomic E-state index is 0.599. The zero-order valence-corrected chi connectivity index (χ0v) is 26.3. The molecule has 0 aliphatic heterocycles. The molecule has 0 amide bonds. The molecule has 4 heteroatoms. The smallest absolute Gasteiger partial charge is 0.164 e. The van der Waals surface area contributed by atoms with E-state index in [4.69, 9.17) is 19.4 Å². The molecule has 49 heavy (non-hydrogen) atoms. The molecule has 10 aromatic rings. The highest BCUT2D eigenvalue weighted by Gasteiger charge is 2.22. The lowest BCUT2D eigenvalue weighted by molar-refractivity contribution is 0.670. The molecule has 8 aromatic carbocycles. The van der Waals surface area contributed by atoms with Gasteiger partial charge in [-0.25, -0.2) is 15.0 Å². The van der Waals surface area contributed by atoms with Gasteiger partial charge in [0, 0.05) is 33.0 Å². The molecule has 0 aliphatic rings. The Morgan fingerprint density at radius 2 is 0.898 bits per heavy atom. The van der Waals surface area contributed by atoms with Gasteiger partial charge < -0.3 is 4.42 Å². The maximum Gasteiger partial charge on any atom is 0.164 e. The molecule has 2 heterocycles. The fraction of sp³-hybridized carbons (Fsp3) is 0. The molecule has 0 fully saturated rings. The van der Waals surface area contributed by atoms with Crippen LogP contribution in [0.1, 0.15) is 0 Å². The van der Waals surface area contributed by atoms with E-state index in [0.717, 1.165) is 71.3 Å². The van der Waals surface area contributed by atoms with Crippen molar-refractivity contribution in [2.75, 3.05) is 0 Å². The Morgan fingerprint density at radius 1 is 0.347 bits per heavy atom. The third kappa shape index (κ3) is 4.49. The Labute approximate surface area is 282 Å². The fourth-order valence-electron chi connectivity index (χ4n) is 7.17. The molecule has 0 spiro atoms. The van der Waals surface area contributed by atoms with Gasteiger partial charge in [0.2, 0.25) is 0 Å². The lowest BCUT2D eigenvalue weighted by Crippen LogP contribution is -2.01. The molecule has 228 valence electrons. The summed E-state index contributed by atoms with van der Waals surface area (Å²) in [6, 6.07) is 56.8. The maximum absolute atomic E-state index is 6.77. The number of rotatable bonds is 4. The SMILES string of the molecule is c1ccc(-c2nc(-c3cc4ccccc4c4ccccc34)nc(-c3ccc(-c4ccccc4)c4oc5cc6ccccc6cc5c34)n2)cc1. The van der Waals surface area contributed by atoms with Crippen LogP contribution in [0.2, 0.25) is 0 Å². The van der Waals surface area contributed by atoms with Crippen molar-refractivity contribution in [2.24, 2.45) is 0 Å². The molecule has 0 aliphatic carbocycles. The molecule has 0 N–H and O–H groups in total. The lowest BCUT2D eigenvalue weighted by Gasteiger charge is -2.13. The minimum Gasteiger partial charge on any atom is -0.455 e. The van der Waals surface area contributed by atoms with Crippen molar-refractivity contribution in [3.05, 3.63) is 164 Å². The Hall–Kier alpha value is -6.65. The molecule has 0 atom stereocenters. The molecular formula is C45H27N3O. The van der Waals surface area contributed by atoms with Crippen LogP contribution in [0.15, 0.2) is 168 Å². The first-order chi connectivity index (χ1) is 24.3. The highest BCUT2D eigenvalue weighted by molar-refractivity contribution is 6.18. The third-order valence-electron chi connectivity index (χ3n) is 9.49. The predicted octanol–water partition coefficient (Wildman–Crippen LogP) is 11.9. The summed E-state index contributed by atoms with van der Waals surface area (Å²) >= 11 is 0. The highest BCUT2D eigenvalue weighted by Crippen LogP contribution is 2.43.